The lowest BCUT2D eigenvalue weighted by Gasteiger charge is -2.12. The summed E-state index contributed by atoms with van der Waals surface area (Å²) in [5, 5.41) is 0.460. The van der Waals surface area contributed by atoms with E-state index in [1.54, 1.807) is 17.1 Å². The molecular formula is C11H11ClFN3. The minimum Gasteiger partial charge on any atom is -0.323 e. The molecule has 0 fully saturated rings. The minimum atomic E-state index is -0.344. The van der Waals surface area contributed by atoms with Crippen LogP contribution >= 0.6 is 11.6 Å². The van der Waals surface area contributed by atoms with Crippen molar-refractivity contribution in [3.05, 3.63) is 47.3 Å². The van der Waals surface area contributed by atoms with Crippen molar-refractivity contribution in [1.82, 2.24) is 9.55 Å². The Balaban J connectivity index is 2.58. The van der Waals surface area contributed by atoms with E-state index in [1.807, 2.05) is 6.92 Å². The molecule has 0 radical (unpaired) electrons. The Kier molecular flexibility index (Phi) is 2.94. The van der Waals surface area contributed by atoms with Crippen molar-refractivity contribution in [3.8, 4) is 5.69 Å². The second-order valence-electron chi connectivity index (χ2n) is 3.57. The highest BCUT2D eigenvalue weighted by molar-refractivity contribution is 6.32. The van der Waals surface area contributed by atoms with Crippen LogP contribution in [0.2, 0.25) is 5.02 Å². The zero-order valence-corrected chi connectivity index (χ0v) is 9.45. The lowest BCUT2D eigenvalue weighted by Crippen LogP contribution is -2.10. The molecule has 2 N–H and O–H groups in total. The van der Waals surface area contributed by atoms with Crippen LogP contribution in [0.25, 0.3) is 5.69 Å². The van der Waals surface area contributed by atoms with E-state index in [0.717, 1.165) is 5.69 Å². The molecule has 0 spiro atoms. The topological polar surface area (TPSA) is 43.8 Å². The van der Waals surface area contributed by atoms with Crippen molar-refractivity contribution in [3.63, 3.8) is 0 Å². The molecule has 16 heavy (non-hydrogen) atoms. The third-order valence-corrected chi connectivity index (χ3v) is 2.62. The van der Waals surface area contributed by atoms with Gasteiger partial charge in [-0.1, -0.05) is 11.6 Å². The Morgan fingerprint density at radius 2 is 2.25 bits per heavy atom. The molecule has 3 nitrogen and oxygen atoms in total. The average Bonchev–Trinajstić information content (AvgIpc) is 2.70. The van der Waals surface area contributed by atoms with Gasteiger partial charge >= 0.3 is 0 Å². The second kappa shape index (κ2) is 4.23. The number of rotatable bonds is 2. The highest BCUT2D eigenvalue weighted by atomic mass is 35.5. The van der Waals surface area contributed by atoms with Gasteiger partial charge in [0, 0.05) is 6.04 Å². The number of hydrogen-bond donors (Lipinski definition) is 1. The Morgan fingerprint density at radius 1 is 1.50 bits per heavy atom. The molecule has 1 aromatic heterocycles. The molecule has 1 atom stereocenters. The van der Waals surface area contributed by atoms with Gasteiger partial charge in [0.25, 0.3) is 0 Å². The molecule has 1 aromatic carbocycles. The summed E-state index contributed by atoms with van der Waals surface area (Å²) < 4.78 is 14.8. The standard InChI is InChI=1S/C11H11ClFN3/c1-7(14)11-5-15-6-16(11)10-4-8(13)2-3-9(10)12/h2-7H,14H2,1H3/t7-/m0/s1. The fourth-order valence-corrected chi connectivity index (χ4v) is 1.72. The number of nitrogens with zero attached hydrogens (tertiary/aromatic N) is 2. The van der Waals surface area contributed by atoms with Crippen molar-refractivity contribution in [2.75, 3.05) is 0 Å². The number of benzene rings is 1. The SMILES string of the molecule is C[C@H](N)c1cncn1-c1cc(F)ccc1Cl. The zero-order valence-electron chi connectivity index (χ0n) is 8.69. The first-order valence-corrected chi connectivity index (χ1v) is 5.20. The van der Waals surface area contributed by atoms with Crippen LogP contribution in [-0.2, 0) is 0 Å². The smallest absolute Gasteiger partial charge is 0.125 e. The summed E-state index contributed by atoms with van der Waals surface area (Å²) in [4.78, 5) is 3.99. The summed E-state index contributed by atoms with van der Waals surface area (Å²) in [5.41, 5.74) is 7.12. The van der Waals surface area contributed by atoms with E-state index in [2.05, 4.69) is 4.98 Å². The number of nitrogens with two attached hydrogens (primary N) is 1. The van der Waals surface area contributed by atoms with Crippen LogP contribution in [0.3, 0.4) is 0 Å². The summed E-state index contributed by atoms with van der Waals surface area (Å²) >= 11 is 6.01. The van der Waals surface area contributed by atoms with E-state index in [0.29, 0.717) is 10.7 Å². The fraction of sp³-hybridized carbons (Fsp3) is 0.182. The minimum absolute atomic E-state index is 0.193. The number of hydrogen-bond acceptors (Lipinski definition) is 2. The first-order chi connectivity index (χ1) is 7.59. The van der Waals surface area contributed by atoms with Crippen LogP contribution in [0.5, 0.6) is 0 Å². The maximum Gasteiger partial charge on any atom is 0.125 e. The Labute approximate surface area is 97.7 Å². The molecule has 0 aliphatic heterocycles. The van der Waals surface area contributed by atoms with Gasteiger partial charge in [0.1, 0.15) is 5.82 Å². The third-order valence-electron chi connectivity index (χ3n) is 2.30. The van der Waals surface area contributed by atoms with Gasteiger partial charge in [0.2, 0.25) is 0 Å². The quantitative estimate of drug-likeness (QED) is 0.876. The molecular weight excluding hydrogens is 229 g/mol. The Hall–Kier alpha value is -1.39. The summed E-state index contributed by atoms with van der Waals surface area (Å²) in [6.07, 6.45) is 3.21. The normalized spacial score (nSPS) is 12.8. The van der Waals surface area contributed by atoms with E-state index >= 15 is 0 Å². The van der Waals surface area contributed by atoms with Gasteiger partial charge in [-0.2, -0.15) is 0 Å². The summed E-state index contributed by atoms with van der Waals surface area (Å²) in [5.74, 6) is -0.344. The predicted octanol–water partition coefficient (Wildman–Crippen LogP) is 2.68. The van der Waals surface area contributed by atoms with Crippen molar-refractivity contribution in [2.45, 2.75) is 13.0 Å². The summed E-state index contributed by atoms with van der Waals surface area (Å²) in [6.45, 7) is 1.83. The van der Waals surface area contributed by atoms with Crippen LogP contribution in [0, 0.1) is 5.82 Å². The Morgan fingerprint density at radius 3 is 2.94 bits per heavy atom. The maximum absolute atomic E-state index is 13.1. The number of imidazole rings is 1. The molecule has 1 heterocycles. The van der Waals surface area contributed by atoms with E-state index in [9.17, 15) is 4.39 Å². The average molecular weight is 240 g/mol. The van der Waals surface area contributed by atoms with Gasteiger partial charge in [-0.3, -0.25) is 0 Å². The Bertz CT molecular complexity index is 508. The van der Waals surface area contributed by atoms with E-state index in [-0.39, 0.29) is 11.9 Å². The van der Waals surface area contributed by atoms with Crippen LogP contribution in [0.15, 0.2) is 30.7 Å². The zero-order chi connectivity index (χ0) is 11.7. The van der Waals surface area contributed by atoms with Gasteiger partial charge in [0.05, 0.1) is 28.9 Å². The molecule has 0 bridgehead atoms. The first-order valence-electron chi connectivity index (χ1n) is 4.83. The molecule has 0 aliphatic carbocycles. The molecule has 0 saturated carbocycles. The molecule has 0 unspecified atom stereocenters. The predicted molar refractivity (Wildman–Crippen MR) is 61.1 cm³/mol. The van der Waals surface area contributed by atoms with E-state index in [4.69, 9.17) is 17.3 Å². The second-order valence-corrected chi connectivity index (χ2v) is 3.98. The van der Waals surface area contributed by atoms with Gasteiger partial charge in [-0.05, 0) is 25.1 Å². The van der Waals surface area contributed by atoms with Crippen LogP contribution in [-0.4, -0.2) is 9.55 Å². The molecule has 0 saturated heterocycles. The van der Waals surface area contributed by atoms with Crippen molar-refractivity contribution in [1.29, 1.82) is 0 Å². The summed E-state index contributed by atoms with van der Waals surface area (Å²) in [6, 6.07) is 3.99. The molecule has 5 heteroatoms. The highest BCUT2D eigenvalue weighted by Gasteiger charge is 2.11. The first kappa shape index (κ1) is 11.1. The van der Waals surface area contributed by atoms with Crippen molar-refractivity contribution < 1.29 is 4.39 Å². The van der Waals surface area contributed by atoms with Crippen LogP contribution in [0.4, 0.5) is 4.39 Å². The van der Waals surface area contributed by atoms with Gasteiger partial charge in [0.15, 0.2) is 0 Å². The van der Waals surface area contributed by atoms with Crippen molar-refractivity contribution in [2.24, 2.45) is 5.73 Å². The maximum atomic E-state index is 13.1. The lowest BCUT2D eigenvalue weighted by molar-refractivity contribution is 0.625. The molecule has 2 rings (SSSR count). The van der Waals surface area contributed by atoms with E-state index in [1.165, 1.54) is 18.2 Å². The third kappa shape index (κ3) is 1.94. The van der Waals surface area contributed by atoms with Gasteiger partial charge in [-0.15, -0.1) is 0 Å². The number of aromatic nitrogens is 2. The van der Waals surface area contributed by atoms with Crippen LogP contribution in [0.1, 0.15) is 18.7 Å². The molecule has 0 amide bonds. The van der Waals surface area contributed by atoms with Crippen LogP contribution < -0.4 is 5.73 Å². The van der Waals surface area contributed by atoms with Gasteiger partial charge in [-0.25, -0.2) is 9.37 Å². The molecule has 0 aliphatic rings. The molecule has 2 aromatic rings. The van der Waals surface area contributed by atoms with Gasteiger partial charge < -0.3 is 10.3 Å². The largest absolute Gasteiger partial charge is 0.323 e. The fourth-order valence-electron chi connectivity index (χ4n) is 1.51. The molecule has 84 valence electrons. The summed E-state index contributed by atoms with van der Waals surface area (Å²) in [7, 11) is 0. The lowest BCUT2D eigenvalue weighted by atomic mass is 10.2. The highest BCUT2D eigenvalue weighted by Crippen LogP contribution is 2.24. The van der Waals surface area contributed by atoms with Crippen molar-refractivity contribution >= 4 is 11.6 Å². The monoisotopic (exact) mass is 239 g/mol. The number of halogens is 2. The van der Waals surface area contributed by atoms with E-state index < -0.39 is 0 Å².